The first-order valence-electron chi connectivity index (χ1n) is 7.34. The number of aryl methyl sites for hydroxylation is 1. The fourth-order valence-corrected chi connectivity index (χ4v) is 2.42. The topological polar surface area (TPSA) is 74.5 Å². The van der Waals surface area contributed by atoms with Gasteiger partial charge < -0.3 is 14.0 Å². The number of Topliss-reactive ketones (excluding diaryl/α,β-unsaturated/α-hetero) is 1. The molecule has 0 amide bonds. The van der Waals surface area contributed by atoms with Crippen LogP contribution in [0, 0.1) is 0 Å². The average molecular weight is 302 g/mol. The van der Waals surface area contributed by atoms with Crippen LogP contribution in [0.1, 0.15) is 40.8 Å². The maximum Gasteiger partial charge on any atom is 0.227 e. The molecule has 0 radical (unpaired) electrons. The predicted octanol–water partition coefficient (Wildman–Crippen LogP) is 2.40. The van der Waals surface area contributed by atoms with Gasteiger partial charge in [0, 0.05) is 30.9 Å². The van der Waals surface area contributed by atoms with Gasteiger partial charge in [-0.3, -0.25) is 4.79 Å². The molecule has 1 aromatic heterocycles. The van der Waals surface area contributed by atoms with Crippen LogP contribution in [0.5, 0.6) is 5.75 Å². The van der Waals surface area contributed by atoms with Gasteiger partial charge in [0.25, 0.3) is 0 Å². The predicted molar refractivity (Wildman–Crippen MR) is 78.1 cm³/mol. The Labute approximate surface area is 128 Å². The van der Waals surface area contributed by atoms with Gasteiger partial charge in [-0.2, -0.15) is 4.98 Å². The lowest BCUT2D eigenvalue weighted by molar-refractivity contribution is 0.0979. The molecule has 0 aliphatic carbocycles. The highest BCUT2D eigenvalue weighted by Crippen LogP contribution is 2.22. The van der Waals surface area contributed by atoms with Crippen LogP contribution in [-0.2, 0) is 11.2 Å². The maximum absolute atomic E-state index is 12.1. The van der Waals surface area contributed by atoms with E-state index in [1.165, 1.54) is 0 Å². The quantitative estimate of drug-likeness (QED) is 0.763. The molecular weight excluding hydrogens is 284 g/mol. The maximum atomic E-state index is 12.1. The number of carbonyl (C=O) groups excluding carboxylic acids is 1. The van der Waals surface area contributed by atoms with E-state index in [0.29, 0.717) is 36.7 Å². The second kappa shape index (κ2) is 6.70. The zero-order valence-corrected chi connectivity index (χ0v) is 12.4. The van der Waals surface area contributed by atoms with Crippen molar-refractivity contribution >= 4 is 5.78 Å². The van der Waals surface area contributed by atoms with Crippen molar-refractivity contribution in [2.45, 2.75) is 25.2 Å². The summed E-state index contributed by atoms with van der Waals surface area (Å²) in [5.41, 5.74) is 0.657. The van der Waals surface area contributed by atoms with E-state index in [0.717, 1.165) is 18.8 Å². The minimum absolute atomic E-state index is 0.0478. The van der Waals surface area contributed by atoms with Crippen LogP contribution in [0.15, 0.2) is 28.8 Å². The van der Waals surface area contributed by atoms with Crippen molar-refractivity contribution in [3.8, 4) is 5.75 Å². The highest BCUT2D eigenvalue weighted by molar-refractivity contribution is 5.96. The number of hydrogen-bond acceptors (Lipinski definition) is 6. The lowest BCUT2D eigenvalue weighted by Crippen LogP contribution is -2.02. The molecule has 6 nitrogen and oxygen atoms in total. The van der Waals surface area contributed by atoms with Crippen LogP contribution in [0.4, 0.5) is 0 Å². The molecule has 2 heterocycles. The van der Waals surface area contributed by atoms with Gasteiger partial charge in [0.15, 0.2) is 11.6 Å². The smallest absolute Gasteiger partial charge is 0.227 e. The molecule has 1 saturated heterocycles. The van der Waals surface area contributed by atoms with E-state index >= 15 is 0 Å². The lowest BCUT2D eigenvalue weighted by Gasteiger charge is -2.02. The van der Waals surface area contributed by atoms with Crippen LogP contribution in [-0.4, -0.2) is 36.2 Å². The van der Waals surface area contributed by atoms with Crippen molar-refractivity contribution in [3.63, 3.8) is 0 Å². The number of benzene rings is 1. The average Bonchev–Trinajstić information content (AvgIpc) is 3.23. The zero-order valence-electron chi connectivity index (χ0n) is 12.4. The molecule has 1 fully saturated rings. The van der Waals surface area contributed by atoms with Crippen LogP contribution in [0.3, 0.4) is 0 Å². The summed E-state index contributed by atoms with van der Waals surface area (Å²) >= 11 is 0. The number of methoxy groups -OCH3 is 1. The fourth-order valence-electron chi connectivity index (χ4n) is 2.42. The largest absolute Gasteiger partial charge is 0.497 e. The van der Waals surface area contributed by atoms with Crippen molar-refractivity contribution in [3.05, 3.63) is 41.5 Å². The molecule has 1 aliphatic heterocycles. The molecular formula is C16H18N2O4. The third-order valence-corrected chi connectivity index (χ3v) is 3.76. The van der Waals surface area contributed by atoms with Gasteiger partial charge in [-0.05, 0) is 30.7 Å². The summed E-state index contributed by atoms with van der Waals surface area (Å²) in [5.74, 6) is 2.19. The molecule has 1 atom stereocenters. The molecule has 3 rings (SSSR count). The van der Waals surface area contributed by atoms with E-state index in [4.69, 9.17) is 14.0 Å². The third-order valence-electron chi connectivity index (χ3n) is 3.76. The van der Waals surface area contributed by atoms with Gasteiger partial charge in [0.1, 0.15) is 5.75 Å². The monoisotopic (exact) mass is 302 g/mol. The Bertz CT molecular complexity index is 630. The number of hydrogen-bond donors (Lipinski definition) is 0. The molecule has 0 N–H and O–H groups in total. The van der Waals surface area contributed by atoms with E-state index in [1.54, 1.807) is 31.4 Å². The van der Waals surface area contributed by atoms with Crippen molar-refractivity contribution < 1.29 is 18.8 Å². The molecule has 0 spiro atoms. The van der Waals surface area contributed by atoms with Crippen LogP contribution in [0.2, 0.25) is 0 Å². The standard InChI is InChI=1S/C16H18N2O4/c1-20-13-4-2-11(3-5-13)14(19)6-7-15-17-16(18-22-15)12-8-9-21-10-12/h2-5,12H,6-10H2,1H3. The minimum atomic E-state index is 0.0478. The van der Waals surface area contributed by atoms with Gasteiger partial charge in [-0.15, -0.1) is 0 Å². The summed E-state index contributed by atoms with van der Waals surface area (Å²) in [4.78, 5) is 16.5. The highest BCUT2D eigenvalue weighted by atomic mass is 16.5. The van der Waals surface area contributed by atoms with Gasteiger partial charge >= 0.3 is 0 Å². The Morgan fingerprint density at radius 3 is 2.86 bits per heavy atom. The Kier molecular flexibility index (Phi) is 4.48. The number of nitrogens with zero attached hydrogens (tertiary/aromatic N) is 2. The first kappa shape index (κ1) is 14.7. The number of carbonyl (C=O) groups is 1. The Balaban J connectivity index is 1.56. The first-order chi connectivity index (χ1) is 10.8. The summed E-state index contributed by atoms with van der Waals surface area (Å²) in [6.45, 7) is 1.38. The molecule has 1 aliphatic rings. The SMILES string of the molecule is COc1ccc(C(=O)CCc2nc(C3CCOC3)no2)cc1. The molecule has 116 valence electrons. The second-order valence-corrected chi connectivity index (χ2v) is 5.26. The molecule has 22 heavy (non-hydrogen) atoms. The fraction of sp³-hybridized carbons (Fsp3) is 0.438. The van der Waals surface area contributed by atoms with Crippen LogP contribution in [0.25, 0.3) is 0 Å². The van der Waals surface area contributed by atoms with Gasteiger partial charge in [-0.1, -0.05) is 5.16 Å². The Hall–Kier alpha value is -2.21. The number of aromatic nitrogens is 2. The number of ketones is 1. The molecule has 6 heteroatoms. The highest BCUT2D eigenvalue weighted by Gasteiger charge is 2.23. The van der Waals surface area contributed by atoms with Crippen molar-refractivity contribution in [2.24, 2.45) is 0 Å². The minimum Gasteiger partial charge on any atom is -0.497 e. The van der Waals surface area contributed by atoms with Crippen molar-refractivity contribution in [1.82, 2.24) is 10.1 Å². The van der Waals surface area contributed by atoms with Gasteiger partial charge in [0.05, 0.1) is 13.7 Å². The summed E-state index contributed by atoms with van der Waals surface area (Å²) in [6.07, 6.45) is 1.71. The van der Waals surface area contributed by atoms with E-state index in [1.807, 2.05) is 0 Å². The van der Waals surface area contributed by atoms with Crippen LogP contribution < -0.4 is 4.74 Å². The summed E-state index contributed by atoms with van der Waals surface area (Å²) in [7, 11) is 1.60. The van der Waals surface area contributed by atoms with Crippen LogP contribution >= 0.6 is 0 Å². The van der Waals surface area contributed by atoms with E-state index < -0.39 is 0 Å². The third kappa shape index (κ3) is 3.33. The summed E-state index contributed by atoms with van der Waals surface area (Å²) in [6, 6.07) is 7.07. The lowest BCUT2D eigenvalue weighted by atomic mass is 10.1. The van der Waals surface area contributed by atoms with Crippen molar-refractivity contribution in [2.75, 3.05) is 20.3 Å². The molecule has 1 unspecified atom stereocenters. The number of ether oxygens (including phenoxy) is 2. The zero-order chi connectivity index (χ0) is 15.4. The first-order valence-corrected chi connectivity index (χ1v) is 7.34. The van der Waals surface area contributed by atoms with Crippen molar-refractivity contribution in [1.29, 1.82) is 0 Å². The molecule has 0 saturated carbocycles. The van der Waals surface area contributed by atoms with Gasteiger partial charge in [-0.25, -0.2) is 0 Å². The summed E-state index contributed by atoms with van der Waals surface area (Å²) < 4.78 is 15.6. The van der Waals surface area contributed by atoms with E-state index in [-0.39, 0.29) is 11.7 Å². The second-order valence-electron chi connectivity index (χ2n) is 5.26. The molecule has 1 aromatic carbocycles. The summed E-state index contributed by atoms with van der Waals surface area (Å²) in [5, 5.41) is 3.98. The molecule has 2 aromatic rings. The normalized spacial score (nSPS) is 17.6. The van der Waals surface area contributed by atoms with E-state index in [9.17, 15) is 4.79 Å². The Morgan fingerprint density at radius 1 is 1.36 bits per heavy atom. The molecule has 0 bridgehead atoms. The van der Waals surface area contributed by atoms with E-state index in [2.05, 4.69) is 10.1 Å². The van der Waals surface area contributed by atoms with Gasteiger partial charge in [0.2, 0.25) is 5.89 Å². The Morgan fingerprint density at radius 2 is 2.18 bits per heavy atom. The number of rotatable bonds is 6.